The molecule has 6 heteroatoms. The van der Waals surface area contributed by atoms with Crippen LogP contribution in [0.1, 0.15) is 13.3 Å². The minimum absolute atomic E-state index is 0.176. The van der Waals surface area contributed by atoms with Gasteiger partial charge in [0.2, 0.25) is 0 Å². The van der Waals surface area contributed by atoms with E-state index in [1.54, 1.807) is 21.3 Å². The summed E-state index contributed by atoms with van der Waals surface area (Å²) in [5.41, 5.74) is 0.176. The van der Waals surface area contributed by atoms with E-state index in [-0.39, 0.29) is 5.57 Å². The molecule has 0 aromatic rings. The Morgan fingerprint density at radius 2 is 1.62 bits per heavy atom. The van der Waals surface area contributed by atoms with Crippen molar-refractivity contribution >= 4 is 16.2 Å². The van der Waals surface area contributed by atoms with E-state index in [9.17, 15) is 4.79 Å². The van der Waals surface area contributed by atoms with Gasteiger partial charge in [0, 0.05) is 43.6 Å². The summed E-state index contributed by atoms with van der Waals surface area (Å²) >= 11 is 0. The summed E-state index contributed by atoms with van der Waals surface area (Å²) < 4.78 is 15.2. The SMILES string of the molecule is C=C(C)C(=O)O.COC(CC[SiH3])(OC)OC. The Morgan fingerprint density at radius 3 is 1.69 bits per heavy atom. The molecule has 0 radical (unpaired) electrons. The van der Waals surface area contributed by atoms with Crippen LogP contribution in [0.15, 0.2) is 12.2 Å². The molecular formula is C10H22O5Si. The van der Waals surface area contributed by atoms with Crippen LogP contribution in [0.4, 0.5) is 0 Å². The quantitative estimate of drug-likeness (QED) is 0.420. The average Bonchev–Trinajstić information content (AvgIpc) is 2.27. The lowest BCUT2D eigenvalue weighted by molar-refractivity contribution is -0.352. The van der Waals surface area contributed by atoms with Crippen molar-refractivity contribution in [3.8, 4) is 0 Å². The van der Waals surface area contributed by atoms with E-state index in [2.05, 4.69) is 6.58 Å². The Bertz CT molecular complexity index is 193. The number of aliphatic carboxylic acids is 1. The molecule has 0 amide bonds. The molecule has 0 atom stereocenters. The topological polar surface area (TPSA) is 65.0 Å². The van der Waals surface area contributed by atoms with Crippen LogP contribution in [-0.4, -0.2) is 48.6 Å². The van der Waals surface area contributed by atoms with Gasteiger partial charge >= 0.3 is 5.97 Å². The van der Waals surface area contributed by atoms with Crippen LogP contribution in [0.3, 0.4) is 0 Å². The van der Waals surface area contributed by atoms with Gasteiger partial charge in [-0.05, 0) is 6.92 Å². The zero-order valence-corrected chi connectivity index (χ0v) is 12.7. The van der Waals surface area contributed by atoms with Gasteiger partial charge in [-0.1, -0.05) is 12.6 Å². The van der Waals surface area contributed by atoms with Crippen molar-refractivity contribution < 1.29 is 24.1 Å². The predicted molar refractivity (Wildman–Crippen MR) is 65.6 cm³/mol. The van der Waals surface area contributed by atoms with E-state index in [0.29, 0.717) is 0 Å². The Hall–Kier alpha value is -0.693. The van der Waals surface area contributed by atoms with Crippen molar-refractivity contribution in [1.82, 2.24) is 0 Å². The smallest absolute Gasteiger partial charge is 0.330 e. The Kier molecular flexibility index (Phi) is 10.5. The standard InChI is InChI=1S/C6H16O3Si.C4H6O2/c1-7-6(8-2,9-3)4-5-10;1-3(2)4(5)6/h4-5H2,1-3,10H3;1H2,2H3,(H,5,6). The molecule has 0 bridgehead atoms. The molecule has 1 N–H and O–H groups in total. The van der Waals surface area contributed by atoms with E-state index < -0.39 is 11.9 Å². The normalized spacial score (nSPS) is 10.5. The van der Waals surface area contributed by atoms with Crippen molar-refractivity contribution in [2.75, 3.05) is 21.3 Å². The molecule has 96 valence electrons. The zero-order valence-electron chi connectivity index (χ0n) is 10.7. The molecule has 0 heterocycles. The van der Waals surface area contributed by atoms with Crippen LogP contribution in [-0.2, 0) is 19.0 Å². The molecule has 0 unspecified atom stereocenters. The third-order valence-electron chi connectivity index (χ3n) is 1.85. The molecule has 0 aliphatic heterocycles. The number of ether oxygens (including phenoxy) is 3. The Balaban J connectivity index is 0. The number of hydrogen-bond acceptors (Lipinski definition) is 4. The fourth-order valence-electron chi connectivity index (χ4n) is 0.862. The van der Waals surface area contributed by atoms with Crippen molar-refractivity contribution in [3.63, 3.8) is 0 Å². The molecule has 0 aliphatic carbocycles. The van der Waals surface area contributed by atoms with Gasteiger partial charge in [0.15, 0.2) is 0 Å². The highest BCUT2D eigenvalue weighted by Gasteiger charge is 2.27. The number of methoxy groups -OCH3 is 3. The zero-order chi connectivity index (χ0) is 13.2. The predicted octanol–water partition coefficient (Wildman–Crippen LogP) is 0.400. The third kappa shape index (κ3) is 7.58. The molecule has 16 heavy (non-hydrogen) atoms. The van der Waals surface area contributed by atoms with Gasteiger partial charge < -0.3 is 19.3 Å². The lowest BCUT2D eigenvalue weighted by atomic mass is 10.4. The number of hydrogen-bond donors (Lipinski definition) is 1. The highest BCUT2D eigenvalue weighted by atomic mass is 28.1. The fraction of sp³-hybridized carbons (Fsp3) is 0.700. The number of carboxylic acid groups (broad SMARTS) is 1. The summed E-state index contributed by atoms with van der Waals surface area (Å²) in [6.45, 7) is 4.60. The molecule has 5 nitrogen and oxygen atoms in total. The van der Waals surface area contributed by atoms with Gasteiger partial charge in [-0.3, -0.25) is 0 Å². The second-order valence-corrected chi connectivity index (χ2v) is 4.13. The molecule has 0 aromatic carbocycles. The molecular weight excluding hydrogens is 228 g/mol. The second-order valence-electron chi connectivity index (χ2n) is 3.13. The van der Waals surface area contributed by atoms with Gasteiger partial charge in [-0.2, -0.15) is 0 Å². The van der Waals surface area contributed by atoms with Gasteiger partial charge in [0.05, 0.1) is 0 Å². The van der Waals surface area contributed by atoms with Crippen LogP contribution >= 0.6 is 0 Å². The minimum atomic E-state index is -0.935. The maximum atomic E-state index is 9.60. The molecule has 0 fully saturated rings. The molecule has 0 rings (SSSR count). The van der Waals surface area contributed by atoms with Gasteiger partial charge in [-0.15, -0.1) is 0 Å². The van der Waals surface area contributed by atoms with Crippen molar-refractivity contribution in [2.24, 2.45) is 0 Å². The van der Waals surface area contributed by atoms with Gasteiger partial charge in [0.1, 0.15) is 0 Å². The first-order valence-electron chi connectivity index (χ1n) is 4.93. The Morgan fingerprint density at radius 1 is 1.31 bits per heavy atom. The summed E-state index contributed by atoms with van der Waals surface area (Å²) in [5.74, 6) is -1.73. The number of carbonyl (C=O) groups is 1. The number of rotatable bonds is 6. The maximum Gasteiger partial charge on any atom is 0.330 e. The largest absolute Gasteiger partial charge is 0.478 e. The molecule has 0 spiro atoms. The third-order valence-corrected chi connectivity index (χ3v) is 2.35. The average molecular weight is 250 g/mol. The summed E-state index contributed by atoms with van der Waals surface area (Å²) in [6, 6.07) is 1.11. The van der Waals surface area contributed by atoms with Crippen LogP contribution in [0.5, 0.6) is 0 Å². The Labute approximate surface area is 99.8 Å². The van der Waals surface area contributed by atoms with Crippen LogP contribution in [0, 0.1) is 0 Å². The molecule has 0 aromatic heterocycles. The van der Waals surface area contributed by atoms with E-state index in [1.165, 1.54) is 6.92 Å². The summed E-state index contributed by atoms with van der Waals surface area (Å²) in [5, 5.41) is 7.89. The summed E-state index contributed by atoms with van der Waals surface area (Å²) in [4.78, 5) is 9.60. The van der Waals surface area contributed by atoms with Crippen LogP contribution in [0.25, 0.3) is 0 Å². The monoisotopic (exact) mass is 250 g/mol. The van der Waals surface area contributed by atoms with E-state index in [1.807, 2.05) is 0 Å². The van der Waals surface area contributed by atoms with Crippen LogP contribution in [0.2, 0.25) is 6.04 Å². The summed E-state index contributed by atoms with van der Waals surface area (Å²) in [6.07, 6.45) is 0.808. The number of carboxylic acids is 1. The van der Waals surface area contributed by atoms with E-state index >= 15 is 0 Å². The second kappa shape index (κ2) is 9.53. The first kappa shape index (κ1) is 17.7. The lowest BCUT2D eigenvalue weighted by Crippen LogP contribution is -2.35. The molecule has 0 aliphatic rings. The summed E-state index contributed by atoms with van der Waals surface area (Å²) in [7, 11) is 5.91. The fourth-order valence-corrected chi connectivity index (χ4v) is 1.47. The van der Waals surface area contributed by atoms with E-state index in [4.69, 9.17) is 19.3 Å². The highest BCUT2D eigenvalue weighted by Crippen LogP contribution is 2.17. The first-order valence-corrected chi connectivity index (χ1v) is 6.34. The highest BCUT2D eigenvalue weighted by molar-refractivity contribution is 6.08. The maximum absolute atomic E-state index is 9.60. The molecule has 0 saturated heterocycles. The van der Waals surface area contributed by atoms with Gasteiger partial charge in [-0.25, -0.2) is 4.79 Å². The van der Waals surface area contributed by atoms with Crippen molar-refractivity contribution in [1.29, 1.82) is 0 Å². The lowest BCUT2D eigenvalue weighted by Gasteiger charge is -2.27. The van der Waals surface area contributed by atoms with Crippen LogP contribution < -0.4 is 0 Å². The first-order chi connectivity index (χ1) is 7.39. The molecule has 0 saturated carbocycles. The van der Waals surface area contributed by atoms with Crippen molar-refractivity contribution in [3.05, 3.63) is 12.2 Å². The van der Waals surface area contributed by atoms with Gasteiger partial charge in [0.25, 0.3) is 5.97 Å². The van der Waals surface area contributed by atoms with Crippen molar-refractivity contribution in [2.45, 2.75) is 25.4 Å². The van der Waals surface area contributed by atoms with E-state index in [0.717, 1.165) is 22.7 Å². The minimum Gasteiger partial charge on any atom is -0.478 e.